The Morgan fingerprint density at radius 1 is 1.11 bits per heavy atom. The van der Waals surface area contributed by atoms with Gasteiger partial charge in [0.05, 0.1) is 18.8 Å². The summed E-state index contributed by atoms with van der Waals surface area (Å²) in [6.07, 6.45) is 0. The number of amides is 1. The summed E-state index contributed by atoms with van der Waals surface area (Å²) in [5.74, 6) is -0.0684. The zero-order chi connectivity index (χ0) is 13.2. The van der Waals surface area contributed by atoms with Crippen molar-refractivity contribution in [3.63, 3.8) is 0 Å². The van der Waals surface area contributed by atoms with Gasteiger partial charge in [0, 0.05) is 18.5 Å². The van der Waals surface area contributed by atoms with E-state index < -0.39 is 0 Å². The molecular weight excluding hydrogens is 242 g/mol. The topological polar surface area (TPSA) is 49.8 Å². The van der Waals surface area contributed by atoms with Crippen LogP contribution in [0.2, 0.25) is 0 Å². The lowest BCUT2D eigenvalue weighted by Crippen LogP contribution is -2.40. The van der Waals surface area contributed by atoms with Crippen LogP contribution in [0.5, 0.6) is 5.75 Å². The van der Waals surface area contributed by atoms with E-state index in [1.54, 1.807) is 11.0 Å². The lowest BCUT2D eigenvalue weighted by molar-refractivity contribution is 0.0301. The fraction of sp³-hybridized carbons (Fsp3) is 0.267. The summed E-state index contributed by atoms with van der Waals surface area (Å²) in [6.45, 7) is 2.26. The number of benzene rings is 2. The van der Waals surface area contributed by atoms with Gasteiger partial charge in [0.2, 0.25) is 0 Å². The molecule has 0 unspecified atom stereocenters. The fourth-order valence-corrected chi connectivity index (χ4v) is 2.36. The number of ether oxygens (including phenoxy) is 1. The quantitative estimate of drug-likeness (QED) is 0.850. The van der Waals surface area contributed by atoms with Crippen molar-refractivity contribution in [1.82, 2.24) is 4.90 Å². The van der Waals surface area contributed by atoms with Crippen LogP contribution in [0.15, 0.2) is 36.4 Å². The summed E-state index contributed by atoms with van der Waals surface area (Å²) in [7, 11) is 0. The van der Waals surface area contributed by atoms with Crippen molar-refractivity contribution in [2.45, 2.75) is 0 Å². The molecule has 1 aliphatic heterocycles. The molecule has 1 aliphatic rings. The average Bonchev–Trinajstić information content (AvgIpc) is 2.48. The van der Waals surface area contributed by atoms with E-state index in [1.165, 1.54) is 0 Å². The van der Waals surface area contributed by atoms with E-state index >= 15 is 0 Å². The van der Waals surface area contributed by atoms with Crippen molar-refractivity contribution >= 4 is 16.7 Å². The highest BCUT2D eigenvalue weighted by Crippen LogP contribution is 2.29. The van der Waals surface area contributed by atoms with Crippen molar-refractivity contribution in [3.05, 3.63) is 42.0 Å². The van der Waals surface area contributed by atoms with Crippen LogP contribution in [0.1, 0.15) is 10.4 Å². The van der Waals surface area contributed by atoms with Crippen LogP contribution in [-0.4, -0.2) is 42.2 Å². The van der Waals surface area contributed by atoms with Gasteiger partial charge < -0.3 is 14.7 Å². The largest absolute Gasteiger partial charge is 0.506 e. The zero-order valence-electron chi connectivity index (χ0n) is 10.5. The molecule has 19 heavy (non-hydrogen) atoms. The minimum absolute atomic E-state index is 0.0644. The number of phenolic OH excluding ortho intramolecular Hbond substituents is 1. The molecule has 0 spiro atoms. The minimum Gasteiger partial charge on any atom is -0.506 e. The maximum Gasteiger partial charge on any atom is 0.257 e. The Morgan fingerprint density at radius 3 is 2.63 bits per heavy atom. The van der Waals surface area contributed by atoms with Gasteiger partial charge in [-0.1, -0.05) is 30.3 Å². The summed E-state index contributed by atoms with van der Waals surface area (Å²) in [5.41, 5.74) is 0.362. The fourth-order valence-electron chi connectivity index (χ4n) is 2.36. The number of aromatic hydroxyl groups is 1. The van der Waals surface area contributed by atoms with Crippen molar-refractivity contribution in [2.75, 3.05) is 26.3 Å². The van der Waals surface area contributed by atoms with Gasteiger partial charge in [0.15, 0.2) is 0 Å². The molecule has 0 bridgehead atoms. The minimum atomic E-state index is -0.133. The van der Waals surface area contributed by atoms with Gasteiger partial charge in [-0.15, -0.1) is 0 Å². The molecule has 0 radical (unpaired) electrons. The Balaban J connectivity index is 2.00. The molecule has 0 saturated carbocycles. The summed E-state index contributed by atoms with van der Waals surface area (Å²) >= 11 is 0. The van der Waals surface area contributed by atoms with E-state index in [4.69, 9.17) is 4.74 Å². The molecule has 4 heteroatoms. The summed E-state index contributed by atoms with van der Waals surface area (Å²) in [6, 6.07) is 11.0. The Hall–Kier alpha value is -2.07. The average molecular weight is 257 g/mol. The normalized spacial score (nSPS) is 15.7. The van der Waals surface area contributed by atoms with Gasteiger partial charge in [0.1, 0.15) is 5.75 Å². The second kappa shape index (κ2) is 4.90. The molecule has 98 valence electrons. The number of carbonyl (C=O) groups excluding carboxylic acids is 1. The number of fused-ring (bicyclic) bond motifs is 1. The third-order valence-electron chi connectivity index (χ3n) is 3.43. The Kier molecular flexibility index (Phi) is 3.09. The molecule has 1 amide bonds. The number of nitrogens with zero attached hydrogens (tertiary/aromatic N) is 1. The Morgan fingerprint density at radius 2 is 1.84 bits per heavy atom. The molecule has 2 aromatic carbocycles. The highest BCUT2D eigenvalue weighted by atomic mass is 16.5. The smallest absolute Gasteiger partial charge is 0.257 e. The molecule has 0 aromatic heterocycles. The highest BCUT2D eigenvalue weighted by Gasteiger charge is 2.21. The second-order valence-electron chi connectivity index (χ2n) is 4.59. The number of rotatable bonds is 1. The van der Waals surface area contributed by atoms with Gasteiger partial charge in [-0.3, -0.25) is 4.79 Å². The number of carbonyl (C=O) groups is 1. The van der Waals surface area contributed by atoms with Crippen molar-refractivity contribution < 1.29 is 14.6 Å². The monoisotopic (exact) mass is 257 g/mol. The molecule has 3 rings (SSSR count). The molecule has 1 heterocycles. The lowest BCUT2D eigenvalue weighted by Gasteiger charge is -2.27. The summed E-state index contributed by atoms with van der Waals surface area (Å²) < 4.78 is 5.23. The first-order valence-electron chi connectivity index (χ1n) is 6.35. The van der Waals surface area contributed by atoms with Crippen molar-refractivity contribution in [2.24, 2.45) is 0 Å². The van der Waals surface area contributed by atoms with E-state index in [2.05, 4.69) is 0 Å². The summed E-state index contributed by atoms with van der Waals surface area (Å²) in [5, 5.41) is 11.9. The third kappa shape index (κ3) is 2.15. The summed E-state index contributed by atoms with van der Waals surface area (Å²) in [4.78, 5) is 14.1. The van der Waals surface area contributed by atoms with Crippen LogP contribution in [0.3, 0.4) is 0 Å². The highest BCUT2D eigenvalue weighted by molar-refractivity contribution is 6.03. The Bertz CT molecular complexity index is 618. The number of phenols is 1. The van der Waals surface area contributed by atoms with E-state index in [9.17, 15) is 9.90 Å². The first-order valence-corrected chi connectivity index (χ1v) is 6.35. The standard InChI is InChI=1S/C15H15NO3/c17-14-12-4-2-1-3-11(12)5-6-13(14)15(18)16-7-9-19-10-8-16/h1-6,17H,7-10H2. The predicted molar refractivity (Wildman–Crippen MR) is 72.3 cm³/mol. The predicted octanol–water partition coefficient (Wildman–Crippen LogP) is 2.02. The van der Waals surface area contributed by atoms with Gasteiger partial charge in [-0.25, -0.2) is 0 Å². The van der Waals surface area contributed by atoms with Crippen molar-refractivity contribution in [3.8, 4) is 5.75 Å². The number of morpholine rings is 1. The maximum atomic E-state index is 12.4. The molecule has 4 nitrogen and oxygen atoms in total. The van der Waals surface area contributed by atoms with E-state index in [-0.39, 0.29) is 11.7 Å². The molecule has 1 N–H and O–H groups in total. The molecule has 1 saturated heterocycles. The van der Waals surface area contributed by atoms with Gasteiger partial charge in [0.25, 0.3) is 5.91 Å². The second-order valence-corrected chi connectivity index (χ2v) is 4.59. The Labute approximate surface area is 111 Å². The van der Waals surface area contributed by atoms with Gasteiger partial charge >= 0.3 is 0 Å². The molecule has 2 aromatic rings. The first-order chi connectivity index (χ1) is 9.27. The maximum absolute atomic E-state index is 12.4. The van der Waals surface area contributed by atoms with Crippen LogP contribution in [0.25, 0.3) is 10.8 Å². The first kappa shape index (κ1) is 12.0. The zero-order valence-corrected chi connectivity index (χ0v) is 10.5. The third-order valence-corrected chi connectivity index (χ3v) is 3.43. The van der Waals surface area contributed by atoms with E-state index in [1.807, 2.05) is 30.3 Å². The van der Waals surface area contributed by atoms with Gasteiger partial charge in [-0.05, 0) is 11.5 Å². The van der Waals surface area contributed by atoms with Crippen LogP contribution < -0.4 is 0 Å². The molecule has 1 fully saturated rings. The number of hydrogen-bond acceptors (Lipinski definition) is 3. The molecule has 0 aliphatic carbocycles. The number of hydrogen-bond donors (Lipinski definition) is 1. The van der Waals surface area contributed by atoms with Gasteiger partial charge in [-0.2, -0.15) is 0 Å². The molecular formula is C15H15NO3. The van der Waals surface area contributed by atoms with E-state index in [0.29, 0.717) is 37.3 Å². The van der Waals surface area contributed by atoms with Crippen LogP contribution >= 0.6 is 0 Å². The van der Waals surface area contributed by atoms with Crippen molar-refractivity contribution in [1.29, 1.82) is 0 Å². The SMILES string of the molecule is O=C(c1ccc2ccccc2c1O)N1CCOCC1. The van der Waals surface area contributed by atoms with Crippen LogP contribution in [0, 0.1) is 0 Å². The van der Waals surface area contributed by atoms with Crippen LogP contribution in [-0.2, 0) is 4.74 Å². The lowest BCUT2D eigenvalue weighted by atomic mass is 10.0. The van der Waals surface area contributed by atoms with Crippen LogP contribution in [0.4, 0.5) is 0 Å². The molecule has 0 atom stereocenters. The van der Waals surface area contributed by atoms with E-state index in [0.717, 1.165) is 5.39 Å².